The number of carbonyl (C=O) groups is 1. The Morgan fingerprint density at radius 2 is 2.05 bits per heavy atom. The van der Waals surface area contributed by atoms with Crippen LogP contribution in [0.15, 0.2) is 12.1 Å². The molecule has 0 bridgehead atoms. The van der Waals surface area contributed by atoms with Crippen molar-refractivity contribution in [2.75, 3.05) is 6.54 Å². The van der Waals surface area contributed by atoms with Crippen LogP contribution >= 0.6 is 11.6 Å². The molecule has 1 heterocycles. The Morgan fingerprint density at radius 1 is 1.42 bits per heavy atom. The van der Waals surface area contributed by atoms with E-state index in [0.717, 1.165) is 5.69 Å². The molecule has 0 N–H and O–H groups in total. The van der Waals surface area contributed by atoms with Gasteiger partial charge in [0.15, 0.2) is 0 Å². The van der Waals surface area contributed by atoms with Crippen LogP contribution in [-0.4, -0.2) is 28.4 Å². The van der Waals surface area contributed by atoms with E-state index >= 15 is 0 Å². The van der Waals surface area contributed by atoms with E-state index < -0.39 is 0 Å². The van der Waals surface area contributed by atoms with Crippen LogP contribution in [0, 0.1) is 11.3 Å². The Bertz CT molecular complexity index is 506. The molecule has 19 heavy (non-hydrogen) atoms. The number of hydrogen-bond donors (Lipinski definition) is 0. The number of aromatic nitrogens is 1. The molecule has 5 heteroatoms. The van der Waals surface area contributed by atoms with Crippen molar-refractivity contribution >= 4 is 17.5 Å². The molecule has 0 aliphatic heterocycles. The molecule has 1 aromatic heterocycles. The van der Waals surface area contributed by atoms with E-state index in [1.165, 1.54) is 4.90 Å². The van der Waals surface area contributed by atoms with Crippen molar-refractivity contribution in [1.82, 2.24) is 9.88 Å². The third-order valence-electron chi connectivity index (χ3n) is 2.78. The van der Waals surface area contributed by atoms with E-state index in [-0.39, 0.29) is 24.4 Å². The number of amides is 1. The van der Waals surface area contributed by atoms with E-state index in [1.807, 2.05) is 33.8 Å². The molecule has 0 aliphatic rings. The Balaban J connectivity index is 3.14. The minimum absolute atomic E-state index is 0.0402. The largest absolute Gasteiger partial charge is 0.323 e. The van der Waals surface area contributed by atoms with E-state index in [0.29, 0.717) is 10.7 Å². The number of rotatable bonds is 4. The lowest BCUT2D eigenvalue weighted by molar-refractivity contribution is 0.0731. The number of halogens is 1. The molecule has 0 aromatic carbocycles. The van der Waals surface area contributed by atoms with Gasteiger partial charge in [-0.1, -0.05) is 25.4 Å². The lowest BCUT2D eigenvalue weighted by Gasteiger charge is -2.24. The molecule has 0 aliphatic carbocycles. The van der Waals surface area contributed by atoms with Gasteiger partial charge in [-0.05, 0) is 31.9 Å². The molecule has 0 saturated carbocycles. The van der Waals surface area contributed by atoms with Crippen LogP contribution in [0.2, 0.25) is 5.15 Å². The summed E-state index contributed by atoms with van der Waals surface area (Å²) in [5.41, 5.74) is 1.25. The maximum Gasteiger partial charge on any atom is 0.255 e. The summed E-state index contributed by atoms with van der Waals surface area (Å²) in [5, 5.41) is 9.10. The van der Waals surface area contributed by atoms with Gasteiger partial charge in [-0.3, -0.25) is 4.79 Å². The third kappa shape index (κ3) is 3.93. The van der Waals surface area contributed by atoms with Gasteiger partial charge in [0.25, 0.3) is 5.91 Å². The van der Waals surface area contributed by atoms with Crippen LogP contribution in [0.1, 0.15) is 49.7 Å². The average Bonchev–Trinajstić information content (AvgIpc) is 2.33. The summed E-state index contributed by atoms with van der Waals surface area (Å²) >= 11 is 5.95. The van der Waals surface area contributed by atoms with E-state index in [4.69, 9.17) is 16.9 Å². The zero-order chi connectivity index (χ0) is 14.6. The van der Waals surface area contributed by atoms with Crippen molar-refractivity contribution in [1.29, 1.82) is 5.26 Å². The molecule has 0 radical (unpaired) electrons. The molecule has 0 unspecified atom stereocenters. The van der Waals surface area contributed by atoms with Gasteiger partial charge in [0.2, 0.25) is 0 Å². The van der Waals surface area contributed by atoms with Gasteiger partial charge >= 0.3 is 0 Å². The Hall–Kier alpha value is -1.60. The zero-order valence-corrected chi connectivity index (χ0v) is 12.4. The second-order valence-corrected chi connectivity index (χ2v) is 5.33. The monoisotopic (exact) mass is 279 g/mol. The standard InChI is InChI=1S/C14H18ClN3O/c1-9(2)12-7-11(8-13(15)17-12)14(19)18(6-5-16)10(3)4/h7-10H,6H2,1-4H3. The molecular formula is C14H18ClN3O. The first-order valence-corrected chi connectivity index (χ1v) is 6.60. The second-order valence-electron chi connectivity index (χ2n) is 4.94. The van der Waals surface area contributed by atoms with Gasteiger partial charge in [0.05, 0.1) is 6.07 Å². The van der Waals surface area contributed by atoms with Crippen LogP contribution in [0.25, 0.3) is 0 Å². The second kappa shape index (κ2) is 6.53. The zero-order valence-electron chi connectivity index (χ0n) is 11.6. The van der Waals surface area contributed by atoms with Gasteiger partial charge in [-0.15, -0.1) is 0 Å². The molecule has 0 atom stereocenters. The summed E-state index contributed by atoms with van der Waals surface area (Å²) in [6.45, 7) is 7.79. The molecule has 1 rings (SSSR count). The smallest absolute Gasteiger partial charge is 0.255 e. The lowest BCUT2D eigenvalue weighted by Crippen LogP contribution is -2.37. The Morgan fingerprint density at radius 3 is 2.53 bits per heavy atom. The fraction of sp³-hybridized carbons (Fsp3) is 0.500. The van der Waals surface area contributed by atoms with Crippen LogP contribution in [-0.2, 0) is 0 Å². The summed E-state index contributed by atoms with van der Waals surface area (Å²) in [6.07, 6.45) is 0. The predicted molar refractivity (Wildman–Crippen MR) is 75.1 cm³/mol. The van der Waals surface area contributed by atoms with Gasteiger partial charge < -0.3 is 4.90 Å². The maximum atomic E-state index is 12.4. The molecule has 0 saturated heterocycles. The average molecular weight is 280 g/mol. The maximum absolute atomic E-state index is 12.4. The molecule has 1 amide bonds. The highest BCUT2D eigenvalue weighted by molar-refractivity contribution is 6.29. The summed E-state index contributed by atoms with van der Waals surface area (Å²) in [7, 11) is 0. The summed E-state index contributed by atoms with van der Waals surface area (Å²) in [6, 6.07) is 5.25. The van der Waals surface area contributed by atoms with E-state index in [2.05, 4.69) is 4.98 Å². The Labute approximate surface area is 119 Å². The summed E-state index contributed by atoms with van der Waals surface area (Å²) < 4.78 is 0. The van der Waals surface area contributed by atoms with Crippen LogP contribution in [0.4, 0.5) is 0 Å². The minimum Gasteiger partial charge on any atom is -0.323 e. The minimum atomic E-state index is -0.192. The normalized spacial score (nSPS) is 10.6. The Kier molecular flexibility index (Phi) is 5.31. The van der Waals surface area contributed by atoms with Crippen molar-refractivity contribution in [2.24, 2.45) is 0 Å². The SMILES string of the molecule is CC(C)c1cc(C(=O)N(CC#N)C(C)C)cc(Cl)n1. The molecule has 0 fully saturated rings. The highest BCUT2D eigenvalue weighted by Crippen LogP contribution is 2.19. The van der Waals surface area contributed by atoms with Crippen molar-refractivity contribution in [3.8, 4) is 6.07 Å². The first-order chi connectivity index (χ1) is 8.86. The quantitative estimate of drug-likeness (QED) is 0.628. The number of nitriles is 1. The molecule has 102 valence electrons. The topological polar surface area (TPSA) is 57.0 Å². The van der Waals surface area contributed by atoms with Crippen molar-refractivity contribution < 1.29 is 4.79 Å². The summed E-state index contributed by atoms with van der Waals surface area (Å²) in [4.78, 5) is 18.1. The highest BCUT2D eigenvalue weighted by Gasteiger charge is 2.20. The third-order valence-corrected chi connectivity index (χ3v) is 2.97. The van der Waals surface area contributed by atoms with Crippen molar-refractivity contribution in [2.45, 2.75) is 39.7 Å². The number of carbonyl (C=O) groups excluding carboxylic acids is 1. The number of pyridine rings is 1. The molecule has 0 spiro atoms. The van der Waals surface area contributed by atoms with Gasteiger partial charge in [-0.25, -0.2) is 4.98 Å². The van der Waals surface area contributed by atoms with Gasteiger partial charge in [0.1, 0.15) is 11.7 Å². The first-order valence-electron chi connectivity index (χ1n) is 6.22. The van der Waals surface area contributed by atoms with Gasteiger partial charge in [0, 0.05) is 17.3 Å². The summed E-state index contributed by atoms with van der Waals surface area (Å²) in [5.74, 6) is -0.00327. The molecule has 4 nitrogen and oxygen atoms in total. The van der Waals surface area contributed by atoms with Crippen LogP contribution in [0.3, 0.4) is 0 Å². The van der Waals surface area contributed by atoms with Gasteiger partial charge in [-0.2, -0.15) is 5.26 Å². The van der Waals surface area contributed by atoms with E-state index in [1.54, 1.807) is 12.1 Å². The van der Waals surface area contributed by atoms with Crippen molar-refractivity contribution in [3.63, 3.8) is 0 Å². The van der Waals surface area contributed by atoms with E-state index in [9.17, 15) is 4.79 Å². The molecule has 1 aromatic rings. The lowest BCUT2D eigenvalue weighted by atomic mass is 10.1. The predicted octanol–water partition coefficient (Wildman–Crippen LogP) is 3.23. The fourth-order valence-electron chi connectivity index (χ4n) is 1.67. The fourth-order valence-corrected chi connectivity index (χ4v) is 1.88. The number of nitrogens with zero attached hydrogens (tertiary/aromatic N) is 3. The highest BCUT2D eigenvalue weighted by atomic mass is 35.5. The van der Waals surface area contributed by atoms with Crippen LogP contribution < -0.4 is 0 Å². The number of hydrogen-bond acceptors (Lipinski definition) is 3. The molecular weight excluding hydrogens is 262 g/mol. The van der Waals surface area contributed by atoms with Crippen molar-refractivity contribution in [3.05, 3.63) is 28.5 Å². The van der Waals surface area contributed by atoms with Crippen LogP contribution in [0.5, 0.6) is 0 Å². The first kappa shape index (κ1) is 15.5.